The molecule has 1 aromatic heterocycles. The molecular weight excluding hydrogens is 526 g/mol. The molecule has 0 atom stereocenters. The first-order chi connectivity index (χ1) is 19.4. The Balaban J connectivity index is 1.76. The maximum atomic E-state index is 13.7. The third-order valence-corrected chi connectivity index (χ3v) is 7.64. The SMILES string of the molecule is CCOCCCN(CC(=O)N(CCc1ccc(OC)c(OC)c1)Cc1cccs1)C(=O)Nc1cccc(C)c1C. The van der Waals surface area contributed by atoms with Crippen molar-refractivity contribution < 1.29 is 23.8 Å². The maximum Gasteiger partial charge on any atom is 0.322 e. The topological polar surface area (TPSA) is 80.3 Å². The Hall–Kier alpha value is -3.56. The van der Waals surface area contributed by atoms with Crippen LogP contribution in [0, 0.1) is 13.8 Å². The first-order valence-corrected chi connectivity index (χ1v) is 14.4. The summed E-state index contributed by atoms with van der Waals surface area (Å²) < 4.78 is 16.3. The summed E-state index contributed by atoms with van der Waals surface area (Å²) in [6, 6.07) is 15.3. The van der Waals surface area contributed by atoms with Gasteiger partial charge in [-0.1, -0.05) is 24.3 Å². The van der Waals surface area contributed by atoms with Crippen molar-refractivity contribution in [2.45, 2.75) is 40.2 Å². The number of methoxy groups -OCH3 is 2. The maximum absolute atomic E-state index is 13.7. The van der Waals surface area contributed by atoms with Gasteiger partial charge in [0.1, 0.15) is 6.54 Å². The highest BCUT2D eigenvalue weighted by atomic mass is 32.1. The van der Waals surface area contributed by atoms with Gasteiger partial charge in [-0.05, 0) is 79.9 Å². The third-order valence-electron chi connectivity index (χ3n) is 6.78. The zero-order valence-corrected chi connectivity index (χ0v) is 25.0. The zero-order valence-electron chi connectivity index (χ0n) is 24.2. The standard InChI is InChI=1S/C31H41N3O5S/c1-6-39-18-9-16-34(31(36)32-27-12-7-10-23(2)24(27)3)22-30(35)33(21-26-11-8-19-40-26)17-15-25-13-14-28(37-4)29(20-25)38-5/h7-8,10-14,19-20H,6,9,15-18,21-22H2,1-5H3,(H,32,36). The number of anilines is 1. The van der Waals surface area contributed by atoms with E-state index in [0.717, 1.165) is 27.3 Å². The summed E-state index contributed by atoms with van der Waals surface area (Å²) in [5.74, 6) is 1.21. The first kappa shape index (κ1) is 31.0. The van der Waals surface area contributed by atoms with Gasteiger partial charge in [-0.2, -0.15) is 0 Å². The van der Waals surface area contributed by atoms with E-state index in [-0.39, 0.29) is 18.5 Å². The quantitative estimate of drug-likeness (QED) is 0.231. The average Bonchev–Trinajstić information content (AvgIpc) is 3.48. The summed E-state index contributed by atoms with van der Waals surface area (Å²) in [6.45, 7) is 8.42. The molecule has 216 valence electrons. The monoisotopic (exact) mass is 567 g/mol. The minimum absolute atomic E-state index is 0.0276. The molecule has 2 aromatic carbocycles. The molecule has 0 spiro atoms. The fourth-order valence-electron chi connectivity index (χ4n) is 4.28. The van der Waals surface area contributed by atoms with E-state index in [1.165, 1.54) is 0 Å². The van der Waals surface area contributed by atoms with E-state index in [1.54, 1.807) is 30.5 Å². The number of hydrogen-bond acceptors (Lipinski definition) is 6. The van der Waals surface area contributed by atoms with Gasteiger partial charge in [-0.25, -0.2) is 4.79 Å². The molecule has 0 unspecified atom stereocenters. The van der Waals surface area contributed by atoms with Crippen LogP contribution in [0.15, 0.2) is 53.9 Å². The second-order valence-corrected chi connectivity index (χ2v) is 10.5. The molecule has 1 heterocycles. The predicted octanol–water partition coefficient (Wildman–Crippen LogP) is 5.91. The number of rotatable bonds is 15. The second-order valence-electron chi connectivity index (χ2n) is 9.48. The second kappa shape index (κ2) is 15.9. The molecule has 8 nitrogen and oxygen atoms in total. The number of carbonyl (C=O) groups is 2. The number of ether oxygens (including phenoxy) is 3. The van der Waals surface area contributed by atoms with Crippen LogP contribution in [0.1, 0.15) is 34.9 Å². The smallest absolute Gasteiger partial charge is 0.322 e. The normalized spacial score (nSPS) is 10.7. The Kier molecular flexibility index (Phi) is 12.3. The molecule has 3 amide bonds. The molecule has 0 aliphatic heterocycles. The zero-order chi connectivity index (χ0) is 28.9. The van der Waals surface area contributed by atoms with Gasteiger partial charge < -0.3 is 29.3 Å². The van der Waals surface area contributed by atoms with Crippen molar-refractivity contribution in [1.82, 2.24) is 9.80 Å². The Bertz CT molecular complexity index is 1230. The van der Waals surface area contributed by atoms with E-state index in [2.05, 4.69) is 5.32 Å². The molecule has 0 saturated heterocycles. The minimum atomic E-state index is -0.297. The highest BCUT2D eigenvalue weighted by molar-refractivity contribution is 7.09. The van der Waals surface area contributed by atoms with Crippen LogP contribution in [0.5, 0.6) is 11.5 Å². The largest absolute Gasteiger partial charge is 0.493 e. The van der Waals surface area contributed by atoms with Crippen molar-refractivity contribution >= 4 is 29.0 Å². The highest BCUT2D eigenvalue weighted by Gasteiger charge is 2.22. The van der Waals surface area contributed by atoms with E-state index in [1.807, 2.05) is 79.6 Å². The molecule has 3 aromatic rings. The molecule has 0 fully saturated rings. The number of benzene rings is 2. The van der Waals surface area contributed by atoms with Crippen molar-refractivity contribution in [3.8, 4) is 11.5 Å². The molecule has 0 aliphatic rings. The number of amides is 3. The average molecular weight is 568 g/mol. The number of carbonyl (C=O) groups excluding carboxylic acids is 2. The van der Waals surface area contributed by atoms with Gasteiger partial charge in [0, 0.05) is 36.9 Å². The molecular formula is C31H41N3O5S. The lowest BCUT2D eigenvalue weighted by Gasteiger charge is -2.28. The van der Waals surface area contributed by atoms with Gasteiger partial charge in [0.2, 0.25) is 5.91 Å². The number of hydrogen-bond donors (Lipinski definition) is 1. The summed E-state index contributed by atoms with van der Waals surface area (Å²) in [5, 5.41) is 5.02. The van der Waals surface area contributed by atoms with Crippen LogP contribution in [0.25, 0.3) is 0 Å². The number of thiophene rings is 1. The van der Waals surface area contributed by atoms with E-state index < -0.39 is 0 Å². The lowest BCUT2D eigenvalue weighted by Crippen LogP contribution is -2.45. The van der Waals surface area contributed by atoms with Crippen molar-refractivity contribution in [1.29, 1.82) is 0 Å². The van der Waals surface area contributed by atoms with E-state index in [0.29, 0.717) is 57.2 Å². The Morgan fingerprint density at radius 2 is 1.75 bits per heavy atom. The van der Waals surface area contributed by atoms with Gasteiger partial charge in [-0.3, -0.25) is 4.79 Å². The van der Waals surface area contributed by atoms with Gasteiger partial charge >= 0.3 is 6.03 Å². The molecule has 0 aliphatic carbocycles. The van der Waals surface area contributed by atoms with E-state index in [9.17, 15) is 9.59 Å². The molecule has 9 heteroatoms. The molecule has 3 rings (SSSR count). The molecule has 1 N–H and O–H groups in total. The minimum Gasteiger partial charge on any atom is -0.493 e. The van der Waals surface area contributed by atoms with Crippen molar-refractivity contribution in [2.24, 2.45) is 0 Å². The summed E-state index contributed by atoms with van der Waals surface area (Å²) in [5.41, 5.74) is 3.87. The molecule has 0 saturated carbocycles. The predicted molar refractivity (Wildman–Crippen MR) is 161 cm³/mol. The van der Waals surface area contributed by atoms with Gasteiger partial charge in [0.15, 0.2) is 11.5 Å². The number of nitrogens with one attached hydrogen (secondary N) is 1. The number of aryl methyl sites for hydroxylation is 1. The van der Waals surface area contributed by atoms with Crippen LogP contribution in [-0.2, 0) is 22.5 Å². The summed E-state index contributed by atoms with van der Waals surface area (Å²) in [7, 11) is 3.22. The third kappa shape index (κ3) is 8.99. The van der Waals surface area contributed by atoms with E-state index >= 15 is 0 Å². The highest BCUT2D eigenvalue weighted by Crippen LogP contribution is 2.28. The fourth-order valence-corrected chi connectivity index (χ4v) is 5.00. The van der Waals surface area contributed by atoms with Crippen LogP contribution in [0.3, 0.4) is 0 Å². The summed E-state index contributed by atoms with van der Waals surface area (Å²) in [6.07, 6.45) is 1.27. The molecule has 0 bridgehead atoms. The first-order valence-electron chi connectivity index (χ1n) is 13.6. The Labute approximate surface area is 241 Å². The lowest BCUT2D eigenvalue weighted by atomic mass is 10.1. The van der Waals surface area contributed by atoms with Crippen molar-refractivity contribution in [3.63, 3.8) is 0 Å². The van der Waals surface area contributed by atoms with Gasteiger partial charge in [0.05, 0.1) is 20.8 Å². The summed E-state index contributed by atoms with van der Waals surface area (Å²) >= 11 is 1.61. The number of urea groups is 1. The lowest BCUT2D eigenvalue weighted by molar-refractivity contribution is -0.132. The summed E-state index contributed by atoms with van der Waals surface area (Å²) in [4.78, 5) is 31.6. The van der Waals surface area contributed by atoms with Crippen LogP contribution in [-0.4, -0.2) is 68.8 Å². The van der Waals surface area contributed by atoms with Crippen molar-refractivity contribution in [3.05, 3.63) is 75.5 Å². The molecule has 0 radical (unpaired) electrons. The van der Waals surface area contributed by atoms with Crippen LogP contribution < -0.4 is 14.8 Å². The Morgan fingerprint density at radius 3 is 2.45 bits per heavy atom. The van der Waals surface area contributed by atoms with E-state index in [4.69, 9.17) is 14.2 Å². The fraction of sp³-hybridized carbons (Fsp3) is 0.419. The van der Waals surface area contributed by atoms with Crippen molar-refractivity contribution in [2.75, 3.05) is 52.4 Å². The Morgan fingerprint density at radius 1 is 0.950 bits per heavy atom. The number of nitrogens with zero attached hydrogens (tertiary/aromatic N) is 2. The molecule has 40 heavy (non-hydrogen) atoms. The van der Waals surface area contributed by atoms with Crippen LogP contribution in [0.2, 0.25) is 0 Å². The van der Waals surface area contributed by atoms with Gasteiger partial charge in [0.25, 0.3) is 0 Å². The van der Waals surface area contributed by atoms with Crippen LogP contribution >= 0.6 is 11.3 Å². The van der Waals surface area contributed by atoms with Gasteiger partial charge in [-0.15, -0.1) is 11.3 Å². The van der Waals surface area contributed by atoms with Crippen LogP contribution in [0.4, 0.5) is 10.5 Å².